The van der Waals surface area contributed by atoms with Crippen LogP contribution in [-0.4, -0.2) is 122 Å². The first-order valence-electron chi connectivity index (χ1n) is 13.9. The highest BCUT2D eigenvalue weighted by atomic mass is 16.5. The number of fused-ring (bicyclic) bond motifs is 1. The van der Waals surface area contributed by atoms with Gasteiger partial charge in [-0.1, -0.05) is 6.58 Å². The molecule has 2 aliphatic heterocycles. The molecule has 5 rings (SSSR count). The fourth-order valence-corrected chi connectivity index (χ4v) is 5.05. The molecular weight excluding hydrogens is 524 g/mol. The van der Waals surface area contributed by atoms with Crippen molar-refractivity contribution in [1.82, 2.24) is 30.1 Å². The molecule has 3 aromatic rings. The van der Waals surface area contributed by atoms with Crippen molar-refractivity contribution < 1.29 is 19.3 Å². The van der Waals surface area contributed by atoms with Crippen molar-refractivity contribution in [3.05, 3.63) is 43.1 Å². The lowest BCUT2D eigenvalue weighted by Crippen LogP contribution is -2.47. The average molecular weight is 565 g/mol. The van der Waals surface area contributed by atoms with E-state index in [1.807, 2.05) is 24.3 Å². The molecule has 12 heteroatoms. The molecule has 4 N–H and O–H groups in total. The van der Waals surface area contributed by atoms with Gasteiger partial charge in [0.25, 0.3) is 0 Å². The first-order chi connectivity index (χ1) is 19.9. The number of likely N-dealkylation sites (N-methyl/N-ethyl adjacent to an activating group) is 1. The van der Waals surface area contributed by atoms with Gasteiger partial charge in [-0.15, -0.1) is 0 Å². The van der Waals surface area contributed by atoms with Crippen LogP contribution in [0.5, 0.6) is 11.5 Å². The van der Waals surface area contributed by atoms with Crippen molar-refractivity contribution in [3.8, 4) is 22.8 Å². The minimum absolute atomic E-state index is 0.118. The van der Waals surface area contributed by atoms with Crippen LogP contribution < -0.4 is 25.4 Å². The predicted octanol–water partition coefficient (Wildman–Crippen LogP) is 1.64. The highest BCUT2D eigenvalue weighted by Crippen LogP contribution is 2.32. The Balaban J connectivity index is 1.43. The summed E-state index contributed by atoms with van der Waals surface area (Å²) in [4.78, 5) is 19.3. The van der Waals surface area contributed by atoms with Crippen LogP contribution >= 0.6 is 0 Å². The van der Waals surface area contributed by atoms with E-state index in [-0.39, 0.29) is 12.1 Å². The summed E-state index contributed by atoms with van der Waals surface area (Å²) in [7, 11) is 5.43. The van der Waals surface area contributed by atoms with Crippen molar-refractivity contribution in [2.24, 2.45) is 0 Å². The zero-order chi connectivity index (χ0) is 28.8. The number of nitrogens with one attached hydrogen (secondary N) is 3. The number of ether oxygens (including phenoxy) is 3. The van der Waals surface area contributed by atoms with Crippen molar-refractivity contribution >= 4 is 22.7 Å². The average Bonchev–Trinajstić information content (AvgIpc) is 3.43. The molecule has 1 unspecified atom stereocenters. The number of pyridine rings is 1. The van der Waals surface area contributed by atoms with Crippen LogP contribution in [0.2, 0.25) is 0 Å². The molecule has 41 heavy (non-hydrogen) atoms. The number of anilines is 2. The van der Waals surface area contributed by atoms with E-state index in [4.69, 9.17) is 24.2 Å². The second kappa shape index (κ2) is 13.4. The van der Waals surface area contributed by atoms with E-state index in [2.05, 4.69) is 44.4 Å². The second-order valence-corrected chi connectivity index (χ2v) is 10.4. The summed E-state index contributed by atoms with van der Waals surface area (Å²) in [5.41, 5.74) is 2.34. The highest BCUT2D eigenvalue weighted by Gasteiger charge is 2.30. The Morgan fingerprint density at radius 1 is 1.07 bits per heavy atom. The fraction of sp³-hybridized carbons (Fsp3) is 0.483. The summed E-state index contributed by atoms with van der Waals surface area (Å²) >= 11 is 0. The SMILES string of the molecule is C=CC(O)N[C@H]1COC[C@H]1Nc1ncc2cc(-c3cc(OC)cc(OC)c3)nc(NCCN3CCN(C)CC3)c2n1. The number of aliphatic hydroxyl groups excluding tert-OH is 1. The van der Waals surface area contributed by atoms with Crippen molar-refractivity contribution in [1.29, 1.82) is 0 Å². The van der Waals surface area contributed by atoms with E-state index < -0.39 is 6.23 Å². The maximum Gasteiger partial charge on any atom is 0.223 e. The van der Waals surface area contributed by atoms with Crippen LogP contribution in [0.25, 0.3) is 22.2 Å². The van der Waals surface area contributed by atoms with Crippen molar-refractivity contribution in [3.63, 3.8) is 0 Å². The van der Waals surface area contributed by atoms with Gasteiger partial charge in [0.05, 0.1) is 45.2 Å². The highest BCUT2D eigenvalue weighted by molar-refractivity contribution is 5.91. The molecule has 0 amide bonds. The van der Waals surface area contributed by atoms with Gasteiger partial charge in [-0.3, -0.25) is 10.2 Å². The third kappa shape index (κ3) is 7.21. The maximum atomic E-state index is 9.97. The van der Waals surface area contributed by atoms with Gasteiger partial charge in [-0.25, -0.2) is 15.0 Å². The van der Waals surface area contributed by atoms with Crippen LogP contribution in [0.1, 0.15) is 0 Å². The van der Waals surface area contributed by atoms with Crippen LogP contribution in [0.3, 0.4) is 0 Å². The summed E-state index contributed by atoms with van der Waals surface area (Å²) in [6.07, 6.45) is 2.43. The number of aliphatic hydroxyl groups is 1. The Kier molecular flexibility index (Phi) is 9.47. The molecule has 4 heterocycles. The number of piperazine rings is 1. The van der Waals surface area contributed by atoms with E-state index in [1.165, 1.54) is 6.08 Å². The molecule has 0 bridgehead atoms. The third-order valence-electron chi connectivity index (χ3n) is 7.53. The fourth-order valence-electron chi connectivity index (χ4n) is 5.05. The molecule has 0 aliphatic carbocycles. The molecule has 2 fully saturated rings. The Hall–Kier alpha value is -3.55. The summed E-state index contributed by atoms with van der Waals surface area (Å²) in [5, 5.41) is 20.8. The van der Waals surface area contributed by atoms with Crippen LogP contribution in [0.4, 0.5) is 11.8 Å². The summed E-state index contributed by atoms with van der Waals surface area (Å²) in [6.45, 7) is 10.4. The van der Waals surface area contributed by atoms with Gasteiger partial charge in [0, 0.05) is 62.5 Å². The Morgan fingerprint density at radius 2 is 1.80 bits per heavy atom. The molecule has 2 aromatic heterocycles. The smallest absolute Gasteiger partial charge is 0.223 e. The van der Waals surface area contributed by atoms with E-state index >= 15 is 0 Å². The molecule has 12 nitrogen and oxygen atoms in total. The minimum Gasteiger partial charge on any atom is -0.497 e. The largest absolute Gasteiger partial charge is 0.497 e. The lowest BCUT2D eigenvalue weighted by molar-refractivity contribution is 0.149. The van der Waals surface area contributed by atoms with Gasteiger partial charge in [0.15, 0.2) is 5.82 Å². The maximum absolute atomic E-state index is 9.97. The zero-order valence-corrected chi connectivity index (χ0v) is 24.0. The van der Waals surface area contributed by atoms with Crippen LogP contribution in [-0.2, 0) is 4.74 Å². The van der Waals surface area contributed by atoms with E-state index in [0.717, 1.165) is 55.9 Å². The normalized spacial score (nSPS) is 20.6. The van der Waals surface area contributed by atoms with Gasteiger partial charge in [-0.05, 0) is 31.3 Å². The first kappa shape index (κ1) is 29.0. The molecule has 220 valence electrons. The lowest BCUT2D eigenvalue weighted by Gasteiger charge is -2.32. The third-order valence-corrected chi connectivity index (χ3v) is 7.53. The number of methoxy groups -OCH3 is 2. The van der Waals surface area contributed by atoms with E-state index in [0.29, 0.717) is 42.0 Å². The molecule has 0 saturated carbocycles. The number of nitrogens with zero attached hydrogens (tertiary/aromatic N) is 5. The standard InChI is InChI=1S/C29H40N8O4/c1-5-26(38)32-24-17-41-18-25(24)34-29-31-16-20-14-23(19-12-21(39-3)15-22(13-19)40-4)33-28(27(20)35-29)30-6-7-37-10-8-36(2)9-11-37/h5,12-16,24-26,32,38H,1,6-11,17-18H2,2-4H3,(H,30,33)(H,31,34,35)/t24-,25+,26?/m0/s1. The molecule has 0 spiro atoms. The quantitative estimate of drug-likeness (QED) is 0.189. The lowest BCUT2D eigenvalue weighted by atomic mass is 10.1. The van der Waals surface area contributed by atoms with Gasteiger partial charge < -0.3 is 34.9 Å². The predicted molar refractivity (Wildman–Crippen MR) is 160 cm³/mol. The molecule has 0 radical (unpaired) electrons. The first-order valence-corrected chi connectivity index (χ1v) is 13.9. The summed E-state index contributed by atoms with van der Waals surface area (Å²) in [6, 6.07) is 7.45. The number of hydrogen-bond donors (Lipinski definition) is 4. The number of aromatic nitrogens is 3. The number of hydrogen-bond acceptors (Lipinski definition) is 12. The van der Waals surface area contributed by atoms with Gasteiger partial charge in [0.2, 0.25) is 5.95 Å². The monoisotopic (exact) mass is 564 g/mol. The number of benzene rings is 1. The van der Waals surface area contributed by atoms with Gasteiger partial charge in [-0.2, -0.15) is 0 Å². The molecule has 1 aromatic carbocycles. The second-order valence-electron chi connectivity index (χ2n) is 10.4. The number of rotatable bonds is 12. The van der Waals surface area contributed by atoms with Gasteiger partial charge >= 0.3 is 0 Å². The van der Waals surface area contributed by atoms with E-state index in [1.54, 1.807) is 20.4 Å². The summed E-state index contributed by atoms with van der Waals surface area (Å²) < 4.78 is 16.6. The van der Waals surface area contributed by atoms with Crippen molar-refractivity contribution in [2.75, 3.05) is 84.4 Å². The Morgan fingerprint density at radius 3 is 2.51 bits per heavy atom. The Labute approximate surface area is 240 Å². The Bertz CT molecular complexity index is 1310. The topological polar surface area (TPSA) is 129 Å². The molecular formula is C29H40N8O4. The molecule has 3 atom stereocenters. The summed E-state index contributed by atoms with van der Waals surface area (Å²) in [5.74, 6) is 2.51. The van der Waals surface area contributed by atoms with E-state index in [9.17, 15) is 5.11 Å². The van der Waals surface area contributed by atoms with Gasteiger partial charge in [0.1, 0.15) is 23.2 Å². The molecule has 2 aliphatic rings. The van der Waals surface area contributed by atoms with Crippen LogP contribution in [0.15, 0.2) is 43.1 Å². The zero-order valence-electron chi connectivity index (χ0n) is 24.0. The minimum atomic E-state index is -0.822. The van der Waals surface area contributed by atoms with Crippen molar-refractivity contribution in [2.45, 2.75) is 18.3 Å². The van der Waals surface area contributed by atoms with Crippen LogP contribution in [0, 0.1) is 0 Å². The molecule has 2 saturated heterocycles.